The largest absolute Gasteiger partial charge is 0.465 e. The monoisotopic (exact) mass is 410 g/mol. The summed E-state index contributed by atoms with van der Waals surface area (Å²) in [7, 11) is 0. The van der Waals surface area contributed by atoms with Crippen molar-refractivity contribution in [3.05, 3.63) is 69.2 Å². The van der Waals surface area contributed by atoms with Gasteiger partial charge in [-0.05, 0) is 42.7 Å². The van der Waals surface area contributed by atoms with Gasteiger partial charge in [0.15, 0.2) is 0 Å². The number of carbonyl (C=O) groups is 1. The number of benzene rings is 2. The van der Waals surface area contributed by atoms with Gasteiger partial charge in [-0.3, -0.25) is 9.36 Å². The Labute approximate surface area is 172 Å². The number of aromatic nitrogens is 2. The Morgan fingerprint density at radius 3 is 2.83 bits per heavy atom. The molecule has 29 heavy (non-hydrogen) atoms. The lowest BCUT2D eigenvalue weighted by atomic mass is 10.0. The zero-order chi connectivity index (χ0) is 21.0. The Balaban J connectivity index is 2.11. The van der Waals surface area contributed by atoms with Gasteiger partial charge in [-0.15, -0.1) is 0 Å². The maximum absolute atomic E-state index is 13.3. The first kappa shape index (κ1) is 20.4. The number of hydrogen-bond donors (Lipinski definition) is 2. The average molecular weight is 411 g/mol. The van der Waals surface area contributed by atoms with E-state index in [1.165, 1.54) is 4.57 Å². The van der Waals surface area contributed by atoms with E-state index >= 15 is 0 Å². The minimum absolute atomic E-state index is 0.0655. The molecule has 1 amide bonds. The fraction of sp³-hybridized carbons (Fsp3) is 0.238. The molecule has 1 atom stereocenters. The van der Waals surface area contributed by atoms with E-state index in [2.05, 4.69) is 16.4 Å². The van der Waals surface area contributed by atoms with Crippen LogP contribution in [0.3, 0.4) is 0 Å². The number of nitrogens with one attached hydrogen (secondary N) is 1. The smallest absolute Gasteiger partial charge is 0.404 e. The first-order chi connectivity index (χ1) is 13.9. The van der Waals surface area contributed by atoms with Gasteiger partial charge in [-0.25, -0.2) is 9.78 Å². The lowest BCUT2D eigenvalue weighted by molar-refractivity contribution is 0.193. The number of fused-ring (bicyclic) bond motifs is 1. The summed E-state index contributed by atoms with van der Waals surface area (Å²) in [4.78, 5) is 28.6. The van der Waals surface area contributed by atoms with Crippen LogP contribution in [0, 0.1) is 17.2 Å². The second-order valence-electron chi connectivity index (χ2n) is 6.79. The highest BCUT2D eigenvalue weighted by molar-refractivity contribution is 6.35. The van der Waals surface area contributed by atoms with Gasteiger partial charge in [0.2, 0.25) is 0 Å². The molecule has 0 saturated heterocycles. The van der Waals surface area contributed by atoms with Gasteiger partial charge in [-0.2, -0.15) is 5.26 Å². The summed E-state index contributed by atoms with van der Waals surface area (Å²) >= 11 is 6.27. The normalized spacial score (nSPS) is 11.8. The molecule has 0 fully saturated rings. The quantitative estimate of drug-likeness (QED) is 0.643. The Bertz CT molecular complexity index is 1170. The molecule has 0 aliphatic rings. The molecule has 148 valence electrons. The molecule has 2 aromatic carbocycles. The maximum atomic E-state index is 13.3. The molecule has 0 spiro atoms. The maximum Gasteiger partial charge on any atom is 0.404 e. The fourth-order valence-corrected chi connectivity index (χ4v) is 3.44. The van der Waals surface area contributed by atoms with Gasteiger partial charge in [0.25, 0.3) is 5.56 Å². The van der Waals surface area contributed by atoms with Crippen LogP contribution >= 0.6 is 11.6 Å². The number of nitrogens with zero attached hydrogens (tertiary/aromatic N) is 3. The molecule has 7 nitrogen and oxygen atoms in total. The van der Waals surface area contributed by atoms with Crippen molar-refractivity contribution in [1.82, 2.24) is 14.9 Å². The number of carboxylic acid groups (broad SMARTS) is 1. The van der Waals surface area contributed by atoms with Crippen molar-refractivity contribution >= 4 is 28.6 Å². The molecule has 1 aromatic heterocycles. The molecular weight excluding hydrogens is 392 g/mol. The van der Waals surface area contributed by atoms with Gasteiger partial charge in [0, 0.05) is 13.0 Å². The van der Waals surface area contributed by atoms with E-state index in [9.17, 15) is 14.9 Å². The van der Waals surface area contributed by atoms with Crippen molar-refractivity contribution in [3.8, 4) is 11.8 Å². The van der Waals surface area contributed by atoms with Gasteiger partial charge in [-0.1, -0.05) is 30.7 Å². The molecule has 0 saturated carbocycles. The lowest BCUT2D eigenvalue weighted by Gasteiger charge is -2.17. The van der Waals surface area contributed by atoms with E-state index in [1.807, 2.05) is 6.92 Å². The second-order valence-corrected chi connectivity index (χ2v) is 7.20. The topological polar surface area (TPSA) is 108 Å². The van der Waals surface area contributed by atoms with Crippen LogP contribution in [0.4, 0.5) is 4.79 Å². The molecule has 3 rings (SSSR count). The zero-order valence-corrected chi connectivity index (χ0v) is 16.5. The summed E-state index contributed by atoms with van der Waals surface area (Å²) in [5, 5.41) is 20.9. The third kappa shape index (κ3) is 4.55. The van der Waals surface area contributed by atoms with Crippen molar-refractivity contribution in [2.75, 3.05) is 6.54 Å². The predicted molar refractivity (Wildman–Crippen MR) is 111 cm³/mol. The first-order valence-electron chi connectivity index (χ1n) is 9.08. The third-order valence-corrected chi connectivity index (χ3v) is 4.91. The summed E-state index contributed by atoms with van der Waals surface area (Å²) in [6, 6.07) is 13.9. The van der Waals surface area contributed by atoms with Crippen molar-refractivity contribution in [1.29, 1.82) is 5.26 Å². The van der Waals surface area contributed by atoms with E-state index in [-0.39, 0.29) is 11.5 Å². The molecule has 2 N–H and O–H groups in total. The van der Waals surface area contributed by atoms with Crippen LogP contribution in [-0.4, -0.2) is 27.3 Å². The molecule has 1 unspecified atom stereocenters. The minimum Gasteiger partial charge on any atom is -0.465 e. The molecule has 1 heterocycles. The molecule has 0 bridgehead atoms. The SMILES string of the molecule is CC(CCNC(=O)O)Cc1nc2cccc(Cl)c2c(=O)n1-c1cccc(C#N)c1. The Morgan fingerprint density at radius 1 is 1.34 bits per heavy atom. The Hall–Kier alpha value is -3.37. The standard InChI is InChI=1S/C21H19ClN4O3/c1-13(8-9-24-21(28)29)10-18-25-17-7-3-6-16(22)19(17)20(27)26(18)15-5-2-4-14(11-15)12-23/h2-7,11,13,24H,8-10H2,1H3,(H,28,29). The highest BCUT2D eigenvalue weighted by atomic mass is 35.5. The van der Waals surface area contributed by atoms with Crippen molar-refractivity contribution in [2.24, 2.45) is 5.92 Å². The van der Waals surface area contributed by atoms with Gasteiger partial charge >= 0.3 is 6.09 Å². The van der Waals surface area contributed by atoms with Gasteiger partial charge in [0.05, 0.1) is 33.2 Å². The predicted octanol–water partition coefficient (Wildman–Crippen LogP) is 3.75. The minimum atomic E-state index is -1.07. The van der Waals surface area contributed by atoms with Crippen LogP contribution in [-0.2, 0) is 6.42 Å². The summed E-state index contributed by atoms with van der Waals surface area (Å²) in [6.07, 6.45) is -0.0232. The average Bonchev–Trinajstić information content (AvgIpc) is 2.67. The van der Waals surface area contributed by atoms with Crippen molar-refractivity contribution < 1.29 is 9.90 Å². The second kappa shape index (κ2) is 8.76. The van der Waals surface area contributed by atoms with Crippen LogP contribution in [0.15, 0.2) is 47.3 Å². The third-order valence-electron chi connectivity index (χ3n) is 4.59. The van der Waals surface area contributed by atoms with E-state index in [1.54, 1.807) is 42.5 Å². The van der Waals surface area contributed by atoms with Crippen molar-refractivity contribution in [3.63, 3.8) is 0 Å². The van der Waals surface area contributed by atoms with Crippen molar-refractivity contribution in [2.45, 2.75) is 19.8 Å². The van der Waals surface area contributed by atoms with E-state index < -0.39 is 6.09 Å². The molecule has 3 aromatic rings. The van der Waals surface area contributed by atoms with Crippen LogP contribution in [0.5, 0.6) is 0 Å². The number of amides is 1. The Kier molecular flexibility index (Phi) is 6.15. The summed E-state index contributed by atoms with van der Waals surface area (Å²) in [5.41, 5.74) is 1.16. The van der Waals surface area contributed by atoms with Crippen LogP contribution in [0.2, 0.25) is 5.02 Å². The number of nitriles is 1. The molecule has 0 radical (unpaired) electrons. The number of hydrogen-bond acceptors (Lipinski definition) is 4. The molecule has 0 aliphatic heterocycles. The van der Waals surface area contributed by atoms with Gasteiger partial charge < -0.3 is 10.4 Å². The molecular formula is C21H19ClN4O3. The van der Waals surface area contributed by atoms with E-state index in [4.69, 9.17) is 16.7 Å². The molecule has 8 heteroatoms. The highest BCUT2D eigenvalue weighted by Gasteiger charge is 2.17. The summed E-state index contributed by atoms with van der Waals surface area (Å²) < 4.78 is 1.48. The van der Waals surface area contributed by atoms with Crippen LogP contribution in [0.1, 0.15) is 24.7 Å². The number of rotatable bonds is 6. The van der Waals surface area contributed by atoms with Gasteiger partial charge in [0.1, 0.15) is 5.82 Å². The first-order valence-corrected chi connectivity index (χ1v) is 9.46. The zero-order valence-electron chi connectivity index (χ0n) is 15.7. The summed E-state index contributed by atoms with van der Waals surface area (Å²) in [6.45, 7) is 2.28. The summed E-state index contributed by atoms with van der Waals surface area (Å²) in [5.74, 6) is 0.596. The van der Waals surface area contributed by atoms with Crippen LogP contribution in [0.25, 0.3) is 16.6 Å². The highest BCUT2D eigenvalue weighted by Crippen LogP contribution is 2.22. The lowest BCUT2D eigenvalue weighted by Crippen LogP contribution is -2.27. The number of halogens is 1. The van der Waals surface area contributed by atoms with E-state index in [0.717, 1.165) is 0 Å². The van der Waals surface area contributed by atoms with E-state index in [0.29, 0.717) is 52.4 Å². The fourth-order valence-electron chi connectivity index (χ4n) is 3.19. The van der Waals surface area contributed by atoms with Crippen LogP contribution < -0.4 is 10.9 Å². The molecule has 0 aliphatic carbocycles. The Morgan fingerprint density at radius 2 is 2.10 bits per heavy atom.